The van der Waals surface area contributed by atoms with Gasteiger partial charge in [0.05, 0.1) is 5.69 Å². The number of amides is 2. The Hall–Kier alpha value is -3.51. The number of allylic oxidation sites excluding steroid dienone is 1. The third-order valence-electron chi connectivity index (χ3n) is 4.23. The number of ether oxygens (including phenoxy) is 3. The normalized spacial score (nSPS) is 14.9. The highest BCUT2D eigenvalue weighted by molar-refractivity contribution is 7.80. The summed E-state index contributed by atoms with van der Waals surface area (Å²) < 4.78 is 16.4. The molecule has 1 heterocycles. The van der Waals surface area contributed by atoms with Gasteiger partial charge in [0.15, 0.2) is 5.11 Å². The number of nitrogens with one attached hydrogen (secondary N) is 1. The lowest BCUT2D eigenvalue weighted by molar-refractivity contribution is -0.122. The minimum Gasteiger partial charge on any atom is -0.457 e. The van der Waals surface area contributed by atoms with E-state index in [9.17, 15) is 9.59 Å². The van der Waals surface area contributed by atoms with Crippen molar-refractivity contribution >= 4 is 34.8 Å². The molecule has 1 saturated heterocycles. The number of rotatable bonds is 7. The summed E-state index contributed by atoms with van der Waals surface area (Å²) in [6.45, 7) is 4.47. The molecule has 1 fully saturated rings. The van der Waals surface area contributed by atoms with Crippen LogP contribution in [0.1, 0.15) is 13.8 Å². The lowest BCUT2D eigenvalue weighted by Crippen LogP contribution is -2.54. The van der Waals surface area contributed by atoms with Crippen molar-refractivity contribution in [1.82, 2.24) is 5.32 Å². The Kier molecular flexibility index (Phi) is 8.11. The fourth-order valence-corrected chi connectivity index (χ4v) is 3.08. The number of benzene rings is 2. The molecule has 0 radical (unpaired) electrons. The average Bonchev–Trinajstić information content (AvgIpc) is 2.78. The molecule has 2 aromatic carbocycles. The molecule has 0 atom stereocenters. The van der Waals surface area contributed by atoms with E-state index < -0.39 is 18.1 Å². The zero-order valence-electron chi connectivity index (χ0n) is 17.7. The second-order valence-electron chi connectivity index (χ2n) is 6.40. The van der Waals surface area contributed by atoms with E-state index in [1.165, 1.54) is 11.0 Å². The Morgan fingerprint density at radius 3 is 2.25 bits per heavy atom. The number of thiocarbonyl (C=S) groups is 1. The molecular formula is C24H22N2O5S. The third kappa shape index (κ3) is 5.80. The van der Waals surface area contributed by atoms with Gasteiger partial charge in [-0.1, -0.05) is 24.1 Å². The van der Waals surface area contributed by atoms with Crippen molar-refractivity contribution in [3.63, 3.8) is 0 Å². The standard InChI is InChI=1S/C24H22N2O5S/c1-3-29-21(30-4-2)12-8-11-20-22(27)25-24(32)26(23(20)28)17-13-15-19(16-14-17)31-18-9-6-5-7-10-18/h5-7,9-11,13-16,21H,3-4H2,1-2H3,(H,25,27,32). The molecule has 0 saturated carbocycles. The lowest BCUT2D eigenvalue weighted by atomic mass is 10.1. The SMILES string of the molecule is CCOC(C#CC=C1C(=O)NC(=S)N(c2ccc(Oc3ccccc3)cc2)C1=O)OCC. The molecule has 1 N–H and O–H groups in total. The smallest absolute Gasteiger partial charge is 0.270 e. The van der Waals surface area contributed by atoms with Crippen molar-refractivity contribution in [2.24, 2.45) is 0 Å². The van der Waals surface area contributed by atoms with Gasteiger partial charge in [-0.05, 0) is 68.4 Å². The summed E-state index contributed by atoms with van der Waals surface area (Å²) in [6.07, 6.45) is 0.502. The second-order valence-corrected chi connectivity index (χ2v) is 6.78. The maximum atomic E-state index is 13.0. The molecule has 7 nitrogen and oxygen atoms in total. The van der Waals surface area contributed by atoms with E-state index in [4.69, 9.17) is 26.4 Å². The minimum atomic E-state index is -0.738. The van der Waals surface area contributed by atoms with Crippen LogP contribution in [-0.4, -0.2) is 36.4 Å². The topological polar surface area (TPSA) is 77.1 Å². The molecule has 1 aliphatic rings. The molecule has 32 heavy (non-hydrogen) atoms. The predicted octanol–water partition coefficient (Wildman–Crippen LogP) is 3.56. The van der Waals surface area contributed by atoms with Crippen molar-refractivity contribution in [2.45, 2.75) is 20.1 Å². The second kappa shape index (κ2) is 11.2. The van der Waals surface area contributed by atoms with Gasteiger partial charge in [0.1, 0.15) is 17.1 Å². The van der Waals surface area contributed by atoms with Crippen LogP contribution in [0.25, 0.3) is 0 Å². The van der Waals surface area contributed by atoms with Crippen LogP contribution in [0.4, 0.5) is 5.69 Å². The van der Waals surface area contributed by atoms with Crippen LogP contribution in [-0.2, 0) is 19.1 Å². The van der Waals surface area contributed by atoms with Gasteiger partial charge in [-0.2, -0.15) is 0 Å². The first-order chi connectivity index (χ1) is 15.5. The molecule has 0 spiro atoms. The van der Waals surface area contributed by atoms with Gasteiger partial charge < -0.3 is 14.2 Å². The van der Waals surface area contributed by atoms with Crippen LogP contribution in [0.3, 0.4) is 0 Å². The maximum absolute atomic E-state index is 13.0. The summed E-state index contributed by atoms with van der Waals surface area (Å²) in [7, 11) is 0. The van der Waals surface area contributed by atoms with Crippen LogP contribution in [0.5, 0.6) is 11.5 Å². The van der Waals surface area contributed by atoms with Crippen LogP contribution < -0.4 is 15.0 Å². The number of nitrogens with zero attached hydrogens (tertiary/aromatic N) is 1. The first-order valence-electron chi connectivity index (χ1n) is 10.0. The number of hydrogen-bond acceptors (Lipinski definition) is 6. The molecule has 0 aliphatic carbocycles. The Labute approximate surface area is 192 Å². The Bertz CT molecular complexity index is 1070. The fourth-order valence-electron chi connectivity index (χ4n) is 2.80. The summed E-state index contributed by atoms with van der Waals surface area (Å²) in [5.41, 5.74) is 0.350. The van der Waals surface area contributed by atoms with Gasteiger partial charge in [-0.15, -0.1) is 0 Å². The lowest BCUT2D eigenvalue weighted by Gasteiger charge is -2.28. The highest BCUT2D eigenvalue weighted by Crippen LogP contribution is 2.26. The van der Waals surface area contributed by atoms with Crippen molar-refractivity contribution in [1.29, 1.82) is 0 Å². The van der Waals surface area contributed by atoms with Gasteiger partial charge in [0.2, 0.25) is 6.29 Å². The average molecular weight is 451 g/mol. The van der Waals surface area contributed by atoms with Crippen molar-refractivity contribution in [2.75, 3.05) is 18.1 Å². The van der Waals surface area contributed by atoms with Gasteiger partial charge >= 0.3 is 0 Å². The zero-order valence-corrected chi connectivity index (χ0v) is 18.5. The van der Waals surface area contributed by atoms with Crippen molar-refractivity contribution in [3.8, 4) is 23.3 Å². The first kappa shape index (κ1) is 23.2. The molecule has 2 amide bonds. The van der Waals surface area contributed by atoms with Crippen LogP contribution in [0.15, 0.2) is 66.2 Å². The zero-order chi connectivity index (χ0) is 22.9. The number of para-hydroxylation sites is 1. The maximum Gasteiger partial charge on any atom is 0.270 e. The summed E-state index contributed by atoms with van der Waals surface area (Å²) in [4.78, 5) is 26.5. The molecule has 1 aliphatic heterocycles. The summed E-state index contributed by atoms with van der Waals surface area (Å²) >= 11 is 5.22. The Balaban J connectivity index is 1.79. The van der Waals surface area contributed by atoms with Gasteiger partial charge in [0.25, 0.3) is 11.8 Å². The highest BCUT2D eigenvalue weighted by atomic mass is 32.1. The molecule has 0 bridgehead atoms. The fraction of sp³-hybridized carbons (Fsp3) is 0.208. The van der Waals surface area contributed by atoms with Crippen LogP contribution in [0.2, 0.25) is 0 Å². The van der Waals surface area contributed by atoms with E-state index in [0.717, 1.165) is 0 Å². The molecular weight excluding hydrogens is 428 g/mol. The number of carbonyl (C=O) groups excluding carboxylic acids is 2. The molecule has 8 heteroatoms. The monoisotopic (exact) mass is 450 g/mol. The molecule has 2 aromatic rings. The van der Waals surface area contributed by atoms with Gasteiger partial charge in [-0.3, -0.25) is 19.8 Å². The molecule has 164 valence electrons. The van der Waals surface area contributed by atoms with E-state index in [2.05, 4.69) is 17.2 Å². The molecule has 3 rings (SSSR count). The van der Waals surface area contributed by atoms with Gasteiger partial charge in [0, 0.05) is 19.3 Å². The quantitative estimate of drug-likeness (QED) is 0.229. The molecule has 0 unspecified atom stereocenters. The predicted molar refractivity (Wildman–Crippen MR) is 124 cm³/mol. The van der Waals surface area contributed by atoms with E-state index in [-0.39, 0.29) is 10.7 Å². The summed E-state index contributed by atoms with van der Waals surface area (Å²) in [5.74, 6) is 5.51. The van der Waals surface area contributed by atoms with Crippen LogP contribution >= 0.6 is 12.2 Å². The van der Waals surface area contributed by atoms with E-state index in [0.29, 0.717) is 30.4 Å². The van der Waals surface area contributed by atoms with Gasteiger partial charge in [-0.25, -0.2) is 0 Å². The minimum absolute atomic E-state index is 0.0108. The van der Waals surface area contributed by atoms with Crippen molar-refractivity contribution < 1.29 is 23.8 Å². The Morgan fingerprint density at radius 2 is 1.62 bits per heavy atom. The summed E-state index contributed by atoms with van der Waals surface area (Å²) in [6, 6.07) is 16.1. The first-order valence-corrected chi connectivity index (χ1v) is 10.4. The largest absolute Gasteiger partial charge is 0.457 e. The van der Waals surface area contributed by atoms with Crippen molar-refractivity contribution in [3.05, 3.63) is 66.2 Å². The van der Waals surface area contributed by atoms with E-state index >= 15 is 0 Å². The Morgan fingerprint density at radius 1 is 1.00 bits per heavy atom. The number of anilines is 1. The number of carbonyl (C=O) groups is 2. The van der Waals surface area contributed by atoms with Crippen LogP contribution in [0, 0.1) is 11.8 Å². The third-order valence-corrected chi connectivity index (χ3v) is 4.51. The van der Waals surface area contributed by atoms with E-state index in [1.54, 1.807) is 24.3 Å². The summed E-state index contributed by atoms with van der Waals surface area (Å²) in [5, 5.41) is 2.51. The molecule has 0 aromatic heterocycles. The number of hydrogen-bond donors (Lipinski definition) is 1. The van der Waals surface area contributed by atoms with E-state index in [1.807, 2.05) is 44.2 Å². The highest BCUT2D eigenvalue weighted by Gasteiger charge is 2.34.